The first-order valence-corrected chi connectivity index (χ1v) is 10.7. The number of rotatable bonds is 13. The molecule has 11 heteroatoms. The fourth-order valence-electron chi connectivity index (χ4n) is 2.54. The van der Waals surface area contributed by atoms with E-state index in [0.29, 0.717) is 37.7 Å². The molecule has 0 radical (unpaired) electrons. The first-order chi connectivity index (χ1) is 15.0. The normalized spacial score (nSPS) is 11.2. The van der Waals surface area contributed by atoms with Crippen molar-refractivity contribution < 1.29 is 14.3 Å². The number of carbonyl (C=O) groups excluding carboxylic acids is 2. The number of hydrazine groups is 1. The van der Waals surface area contributed by atoms with E-state index < -0.39 is 0 Å². The topological polar surface area (TPSA) is 148 Å². The van der Waals surface area contributed by atoms with E-state index in [-0.39, 0.29) is 17.5 Å². The highest BCUT2D eigenvalue weighted by Crippen LogP contribution is 2.12. The van der Waals surface area contributed by atoms with Crippen LogP contribution in [-0.4, -0.2) is 53.8 Å². The Morgan fingerprint density at radius 1 is 1.19 bits per heavy atom. The molecule has 0 bridgehead atoms. The second kappa shape index (κ2) is 13.3. The highest BCUT2D eigenvalue weighted by atomic mass is 32.1. The maximum atomic E-state index is 12.1. The molecule has 1 aromatic heterocycles. The molecule has 31 heavy (non-hydrogen) atoms. The molecule has 2 amide bonds. The molecule has 0 unspecified atom stereocenters. The third-order valence-corrected chi connectivity index (χ3v) is 5.15. The van der Waals surface area contributed by atoms with Crippen molar-refractivity contribution in [2.75, 3.05) is 26.8 Å². The number of benzene rings is 1. The van der Waals surface area contributed by atoms with E-state index >= 15 is 0 Å². The van der Waals surface area contributed by atoms with Gasteiger partial charge in [-0.25, -0.2) is 5.84 Å². The number of hydrogen-bond donors (Lipinski definition) is 4. The third-order valence-electron chi connectivity index (χ3n) is 4.17. The van der Waals surface area contributed by atoms with Crippen molar-refractivity contribution in [2.24, 2.45) is 11.6 Å². The Kier molecular flexibility index (Phi) is 10.4. The molecule has 1 heterocycles. The number of unbranched alkanes of at least 4 members (excludes halogenated alkanes) is 1. The van der Waals surface area contributed by atoms with Gasteiger partial charge in [-0.3, -0.25) is 9.59 Å². The second-order valence-electron chi connectivity index (χ2n) is 6.70. The Balaban J connectivity index is 1.66. The number of amides is 2. The van der Waals surface area contributed by atoms with Crippen LogP contribution < -0.4 is 22.2 Å². The van der Waals surface area contributed by atoms with Crippen LogP contribution >= 0.6 is 11.3 Å². The van der Waals surface area contributed by atoms with Gasteiger partial charge in [0, 0.05) is 39.4 Å². The number of methoxy groups -OCH3 is 1. The van der Waals surface area contributed by atoms with E-state index in [2.05, 4.69) is 20.8 Å². The molecule has 0 atom stereocenters. The number of nitrogens with one attached hydrogen (secondary N) is 2. The fourth-order valence-corrected chi connectivity index (χ4v) is 3.34. The van der Waals surface area contributed by atoms with E-state index in [9.17, 15) is 9.59 Å². The number of hydrogen-bond acceptors (Lipinski definition) is 9. The van der Waals surface area contributed by atoms with Gasteiger partial charge in [0.05, 0.1) is 6.61 Å². The number of nitrogens with zero attached hydrogens (tertiary/aromatic N) is 3. The zero-order valence-electron chi connectivity index (χ0n) is 17.5. The SMILES string of the molecule is COCCNC(=O)c1nnc(CCCCN(N)/C=C(\N)C(=O)NCc2ccccc2)s1. The Bertz CT molecular complexity index is 857. The summed E-state index contributed by atoms with van der Waals surface area (Å²) in [6.07, 6.45) is 3.68. The average molecular weight is 448 g/mol. The molecule has 6 N–H and O–H groups in total. The van der Waals surface area contributed by atoms with Gasteiger partial charge in [-0.2, -0.15) is 0 Å². The van der Waals surface area contributed by atoms with Crippen LogP contribution in [0.1, 0.15) is 33.2 Å². The van der Waals surface area contributed by atoms with E-state index in [4.69, 9.17) is 16.3 Å². The summed E-state index contributed by atoms with van der Waals surface area (Å²) in [5, 5.41) is 15.9. The molecule has 0 saturated heterocycles. The molecule has 0 saturated carbocycles. The number of ether oxygens (including phenoxy) is 1. The minimum atomic E-state index is -0.371. The molecule has 168 valence electrons. The number of aromatic nitrogens is 2. The first kappa shape index (κ1) is 24.3. The number of aryl methyl sites for hydroxylation is 1. The number of carbonyl (C=O) groups is 2. The minimum absolute atomic E-state index is 0.0479. The summed E-state index contributed by atoms with van der Waals surface area (Å²) in [5.41, 5.74) is 6.85. The van der Waals surface area contributed by atoms with Gasteiger partial charge in [0.15, 0.2) is 0 Å². The fraction of sp³-hybridized carbons (Fsp3) is 0.400. The van der Waals surface area contributed by atoms with Crippen LogP contribution in [0.5, 0.6) is 0 Å². The summed E-state index contributed by atoms with van der Waals surface area (Å²) in [4.78, 5) is 24.0. The predicted octanol–water partition coefficient (Wildman–Crippen LogP) is 0.529. The van der Waals surface area contributed by atoms with E-state index in [1.165, 1.54) is 22.5 Å². The maximum absolute atomic E-state index is 12.1. The molecule has 0 aliphatic rings. The molecule has 10 nitrogen and oxygen atoms in total. The van der Waals surface area contributed by atoms with Gasteiger partial charge in [0.25, 0.3) is 11.8 Å². The second-order valence-corrected chi connectivity index (χ2v) is 7.76. The standard InChI is InChI=1S/C20H29N7O3S/c1-30-12-10-23-19(29)20-26-25-17(31-20)9-5-6-11-27(22)14-16(21)18(28)24-13-15-7-3-2-4-8-15/h2-4,7-8,14H,5-6,9-13,21-22H2,1H3,(H,23,29)(H,24,28)/b16-14-. The van der Waals surface area contributed by atoms with Crippen molar-refractivity contribution in [3.8, 4) is 0 Å². The lowest BCUT2D eigenvalue weighted by Crippen LogP contribution is -2.33. The predicted molar refractivity (Wildman–Crippen MR) is 119 cm³/mol. The zero-order chi connectivity index (χ0) is 22.5. The van der Waals surface area contributed by atoms with Crippen LogP contribution in [0.2, 0.25) is 0 Å². The molecular formula is C20H29N7O3S. The van der Waals surface area contributed by atoms with Gasteiger partial charge in [0.1, 0.15) is 10.7 Å². The average Bonchev–Trinajstić information content (AvgIpc) is 3.25. The lowest BCUT2D eigenvalue weighted by atomic mass is 10.2. The zero-order valence-corrected chi connectivity index (χ0v) is 18.4. The molecule has 0 fully saturated rings. The van der Waals surface area contributed by atoms with Crippen molar-refractivity contribution in [1.29, 1.82) is 0 Å². The van der Waals surface area contributed by atoms with Gasteiger partial charge in [-0.15, -0.1) is 10.2 Å². The van der Waals surface area contributed by atoms with Crippen LogP contribution in [-0.2, 0) is 22.5 Å². The summed E-state index contributed by atoms with van der Waals surface area (Å²) in [7, 11) is 1.57. The smallest absolute Gasteiger partial charge is 0.282 e. The Morgan fingerprint density at radius 2 is 1.97 bits per heavy atom. The van der Waals surface area contributed by atoms with Crippen LogP contribution in [0.3, 0.4) is 0 Å². The highest BCUT2D eigenvalue weighted by Gasteiger charge is 2.12. The van der Waals surface area contributed by atoms with E-state index in [1.54, 1.807) is 7.11 Å². The third kappa shape index (κ3) is 9.11. The van der Waals surface area contributed by atoms with Crippen molar-refractivity contribution in [3.05, 3.63) is 57.8 Å². The monoisotopic (exact) mass is 447 g/mol. The molecule has 1 aromatic carbocycles. The van der Waals surface area contributed by atoms with Crippen LogP contribution in [0, 0.1) is 0 Å². The summed E-state index contributed by atoms with van der Waals surface area (Å²) in [6.45, 7) is 1.79. The van der Waals surface area contributed by atoms with Crippen LogP contribution in [0.15, 0.2) is 42.2 Å². The van der Waals surface area contributed by atoms with Gasteiger partial charge < -0.3 is 26.1 Å². The van der Waals surface area contributed by atoms with Crippen LogP contribution in [0.25, 0.3) is 0 Å². The minimum Gasteiger partial charge on any atom is -0.393 e. The van der Waals surface area contributed by atoms with Gasteiger partial charge in [-0.1, -0.05) is 41.7 Å². The largest absolute Gasteiger partial charge is 0.393 e. The lowest BCUT2D eigenvalue weighted by Gasteiger charge is -2.14. The van der Waals surface area contributed by atoms with Crippen molar-refractivity contribution in [1.82, 2.24) is 25.8 Å². The molecule has 2 aromatic rings. The quantitative estimate of drug-likeness (QED) is 0.150. The van der Waals surface area contributed by atoms with Crippen molar-refractivity contribution in [2.45, 2.75) is 25.8 Å². The first-order valence-electron chi connectivity index (χ1n) is 9.90. The van der Waals surface area contributed by atoms with Gasteiger partial charge >= 0.3 is 0 Å². The van der Waals surface area contributed by atoms with Gasteiger partial charge in [-0.05, 0) is 18.4 Å². The summed E-state index contributed by atoms with van der Waals surface area (Å²) >= 11 is 1.27. The van der Waals surface area contributed by atoms with Crippen molar-refractivity contribution >= 4 is 23.2 Å². The van der Waals surface area contributed by atoms with E-state index in [0.717, 1.165) is 23.4 Å². The molecule has 0 spiro atoms. The van der Waals surface area contributed by atoms with Gasteiger partial charge in [0.2, 0.25) is 5.01 Å². The molecule has 0 aliphatic heterocycles. The molecule has 0 aliphatic carbocycles. The lowest BCUT2D eigenvalue weighted by molar-refractivity contribution is -0.117. The Labute approximate surface area is 185 Å². The Morgan fingerprint density at radius 3 is 2.71 bits per heavy atom. The summed E-state index contributed by atoms with van der Waals surface area (Å²) < 4.78 is 4.89. The van der Waals surface area contributed by atoms with E-state index in [1.807, 2.05) is 30.3 Å². The van der Waals surface area contributed by atoms with Crippen molar-refractivity contribution in [3.63, 3.8) is 0 Å². The van der Waals surface area contributed by atoms with Crippen LogP contribution in [0.4, 0.5) is 0 Å². The summed E-state index contributed by atoms with van der Waals surface area (Å²) in [6, 6.07) is 9.57. The molecule has 2 rings (SSSR count). The maximum Gasteiger partial charge on any atom is 0.282 e. The Hall–Kier alpha value is -3.02. The molecular weight excluding hydrogens is 418 g/mol. The highest BCUT2D eigenvalue weighted by molar-refractivity contribution is 7.13. The summed E-state index contributed by atoms with van der Waals surface area (Å²) in [5.74, 6) is 5.29. The number of nitrogens with two attached hydrogens (primary N) is 2.